The van der Waals surface area contributed by atoms with Gasteiger partial charge in [0.15, 0.2) is 0 Å². The second kappa shape index (κ2) is 7.25. The van der Waals surface area contributed by atoms with Crippen molar-refractivity contribution in [3.8, 4) is 11.1 Å². The maximum Gasteiger partial charge on any atom is 0.264 e. The normalized spacial score (nSPS) is 21.4. The Bertz CT molecular complexity index is 947. The van der Waals surface area contributed by atoms with Crippen LogP contribution in [-0.4, -0.2) is 35.4 Å². The number of hydrogen-bond acceptors (Lipinski definition) is 5. The molecule has 0 radical (unpaired) electrons. The van der Waals surface area contributed by atoms with Gasteiger partial charge in [-0.15, -0.1) is 0 Å². The lowest BCUT2D eigenvalue weighted by Crippen LogP contribution is -2.43. The van der Waals surface area contributed by atoms with E-state index in [0.717, 1.165) is 39.0 Å². The zero-order chi connectivity index (χ0) is 20.1. The summed E-state index contributed by atoms with van der Waals surface area (Å²) in [6.07, 6.45) is 3.48. The lowest BCUT2D eigenvalue weighted by molar-refractivity contribution is 0.0974. The molecule has 2 aliphatic rings. The minimum atomic E-state index is -0.209. The molecule has 2 aliphatic heterocycles. The first-order valence-corrected chi connectivity index (χ1v) is 10.2. The number of ether oxygens (including phenoxy) is 1. The minimum Gasteiger partial charge on any atom is -0.383 e. The molecule has 1 spiro atoms. The van der Waals surface area contributed by atoms with Crippen LogP contribution in [0.3, 0.4) is 0 Å². The molecule has 2 N–H and O–H groups in total. The SMILES string of the molecule is C[C@H]1CC2(CCN(c3nc(N)c(-c4cc(Cl)cc(Cl)c4)c(=O)n3C)CC2)CO1. The molecular weight excluding hydrogens is 399 g/mol. The van der Waals surface area contributed by atoms with Crippen LogP contribution in [0.1, 0.15) is 26.2 Å². The quantitative estimate of drug-likeness (QED) is 0.797. The number of piperidine rings is 1. The van der Waals surface area contributed by atoms with Crippen LogP contribution in [0.4, 0.5) is 11.8 Å². The molecule has 0 saturated carbocycles. The Morgan fingerprint density at radius 1 is 1.21 bits per heavy atom. The molecule has 2 aromatic rings. The van der Waals surface area contributed by atoms with Crippen molar-refractivity contribution >= 4 is 35.0 Å². The summed E-state index contributed by atoms with van der Waals surface area (Å²) in [5, 5.41) is 0.893. The highest BCUT2D eigenvalue weighted by molar-refractivity contribution is 6.35. The van der Waals surface area contributed by atoms with E-state index in [2.05, 4.69) is 16.8 Å². The van der Waals surface area contributed by atoms with Gasteiger partial charge in [-0.1, -0.05) is 23.2 Å². The Labute approximate surface area is 174 Å². The molecule has 1 aromatic carbocycles. The van der Waals surface area contributed by atoms with Crippen LogP contribution < -0.4 is 16.2 Å². The van der Waals surface area contributed by atoms with Gasteiger partial charge in [-0.25, -0.2) is 0 Å². The second-order valence-electron chi connectivity index (χ2n) is 8.01. The number of rotatable bonds is 2. The largest absolute Gasteiger partial charge is 0.383 e. The number of halogens is 2. The predicted molar refractivity (Wildman–Crippen MR) is 113 cm³/mol. The molecule has 1 atom stereocenters. The van der Waals surface area contributed by atoms with Gasteiger partial charge in [-0.05, 0) is 55.4 Å². The lowest BCUT2D eigenvalue weighted by Gasteiger charge is -2.39. The summed E-state index contributed by atoms with van der Waals surface area (Å²) in [7, 11) is 1.73. The summed E-state index contributed by atoms with van der Waals surface area (Å²) in [4.78, 5) is 19.8. The van der Waals surface area contributed by atoms with Crippen molar-refractivity contribution in [1.29, 1.82) is 0 Å². The van der Waals surface area contributed by atoms with E-state index in [0.29, 0.717) is 33.2 Å². The first-order chi connectivity index (χ1) is 13.3. The summed E-state index contributed by atoms with van der Waals surface area (Å²) in [6.45, 7) is 4.62. The number of nitrogens with two attached hydrogens (primary N) is 1. The van der Waals surface area contributed by atoms with Crippen molar-refractivity contribution in [3.05, 3.63) is 38.6 Å². The Morgan fingerprint density at radius 2 is 1.86 bits per heavy atom. The fourth-order valence-corrected chi connectivity index (χ4v) is 4.96. The van der Waals surface area contributed by atoms with Crippen LogP contribution in [0.25, 0.3) is 11.1 Å². The van der Waals surface area contributed by atoms with Crippen molar-refractivity contribution in [2.75, 3.05) is 30.3 Å². The fourth-order valence-electron chi connectivity index (χ4n) is 4.44. The molecule has 2 fully saturated rings. The molecule has 150 valence electrons. The van der Waals surface area contributed by atoms with Gasteiger partial charge in [-0.3, -0.25) is 9.36 Å². The Morgan fingerprint density at radius 3 is 2.43 bits per heavy atom. The van der Waals surface area contributed by atoms with Crippen molar-refractivity contribution in [2.24, 2.45) is 12.5 Å². The van der Waals surface area contributed by atoms with Crippen LogP contribution in [-0.2, 0) is 11.8 Å². The third-order valence-corrected chi connectivity index (χ3v) is 6.38. The van der Waals surface area contributed by atoms with E-state index in [1.54, 1.807) is 29.8 Å². The van der Waals surface area contributed by atoms with E-state index in [9.17, 15) is 4.79 Å². The zero-order valence-corrected chi connectivity index (χ0v) is 17.6. The summed E-state index contributed by atoms with van der Waals surface area (Å²) in [6, 6.07) is 4.97. The summed E-state index contributed by atoms with van der Waals surface area (Å²) >= 11 is 12.2. The maximum atomic E-state index is 13.1. The number of hydrogen-bond donors (Lipinski definition) is 1. The highest BCUT2D eigenvalue weighted by atomic mass is 35.5. The summed E-state index contributed by atoms with van der Waals surface area (Å²) < 4.78 is 7.36. The van der Waals surface area contributed by atoms with Crippen LogP contribution in [0.15, 0.2) is 23.0 Å². The lowest BCUT2D eigenvalue weighted by atomic mass is 9.77. The van der Waals surface area contributed by atoms with Gasteiger partial charge in [0.25, 0.3) is 5.56 Å². The number of benzene rings is 1. The third-order valence-electron chi connectivity index (χ3n) is 5.95. The van der Waals surface area contributed by atoms with Gasteiger partial charge >= 0.3 is 0 Å². The minimum absolute atomic E-state index is 0.189. The molecule has 0 bridgehead atoms. The highest BCUT2D eigenvalue weighted by Crippen LogP contribution is 2.42. The number of aromatic nitrogens is 2. The summed E-state index contributed by atoms with van der Waals surface area (Å²) in [5.74, 6) is 0.788. The fraction of sp³-hybridized carbons (Fsp3) is 0.500. The number of nitrogen functional groups attached to an aromatic ring is 1. The first-order valence-electron chi connectivity index (χ1n) is 9.47. The molecular formula is C20H24Cl2N4O2. The molecule has 1 aromatic heterocycles. The van der Waals surface area contributed by atoms with E-state index in [4.69, 9.17) is 33.7 Å². The standard InChI is InChI=1S/C20H24Cl2N4O2/c1-12-10-20(11-28-12)3-5-26(6-4-20)19-24-17(23)16(18(27)25(19)2)13-7-14(21)9-15(22)8-13/h7-9,12H,3-6,10-11,23H2,1-2H3/t12-/m0/s1. The Hall–Kier alpha value is -1.76. The summed E-state index contributed by atoms with van der Waals surface area (Å²) in [5.41, 5.74) is 7.15. The van der Waals surface area contributed by atoms with Gasteiger partial charge < -0.3 is 15.4 Å². The topological polar surface area (TPSA) is 73.4 Å². The average Bonchev–Trinajstić information content (AvgIpc) is 2.99. The molecule has 28 heavy (non-hydrogen) atoms. The smallest absolute Gasteiger partial charge is 0.264 e. The van der Waals surface area contributed by atoms with Crippen LogP contribution in [0.2, 0.25) is 10.0 Å². The van der Waals surface area contributed by atoms with Crippen molar-refractivity contribution in [1.82, 2.24) is 9.55 Å². The van der Waals surface area contributed by atoms with Gasteiger partial charge in [-0.2, -0.15) is 4.98 Å². The average molecular weight is 423 g/mol. The monoisotopic (exact) mass is 422 g/mol. The molecule has 4 rings (SSSR count). The first kappa shape index (κ1) is 19.6. The van der Waals surface area contributed by atoms with E-state index >= 15 is 0 Å². The van der Waals surface area contributed by atoms with Gasteiger partial charge in [0, 0.05) is 30.2 Å². The third kappa shape index (κ3) is 3.49. The molecule has 0 amide bonds. The Kier molecular flexibility index (Phi) is 5.06. The molecule has 3 heterocycles. The molecule has 8 heteroatoms. The molecule has 0 aliphatic carbocycles. The maximum absolute atomic E-state index is 13.1. The van der Waals surface area contributed by atoms with E-state index in [-0.39, 0.29) is 16.8 Å². The van der Waals surface area contributed by atoms with Gasteiger partial charge in [0.2, 0.25) is 5.95 Å². The zero-order valence-electron chi connectivity index (χ0n) is 16.0. The van der Waals surface area contributed by atoms with Gasteiger partial charge in [0.05, 0.1) is 18.3 Å². The van der Waals surface area contributed by atoms with Crippen molar-refractivity contribution < 1.29 is 4.74 Å². The second-order valence-corrected chi connectivity index (χ2v) is 8.88. The van der Waals surface area contributed by atoms with E-state index in [1.807, 2.05) is 0 Å². The van der Waals surface area contributed by atoms with E-state index < -0.39 is 0 Å². The van der Waals surface area contributed by atoms with Crippen molar-refractivity contribution in [3.63, 3.8) is 0 Å². The number of nitrogens with zero attached hydrogens (tertiary/aromatic N) is 3. The Balaban J connectivity index is 1.65. The highest BCUT2D eigenvalue weighted by Gasteiger charge is 2.41. The molecule has 6 nitrogen and oxygen atoms in total. The molecule has 0 unspecified atom stereocenters. The molecule has 2 saturated heterocycles. The van der Waals surface area contributed by atoms with Crippen LogP contribution >= 0.6 is 23.2 Å². The van der Waals surface area contributed by atoms with Crippen LogP contribution in [0, 0.1) is 5.41 Å². The van der Waals surface area contributed by atoms with Crippen LogP contribution in [0.5, 0.6) is 0 Å². The van der Waals surface area contributed by atoms with Crippen molar-refractivity contribution in [2.45, 2.75) is 32.3 Å². The van der Waals surface area contributed by atoms with Gasteiger partial charge in [0.1, 0.15) is 5.82 Å². The van der Waals surface area contributed by atoms with E-state index in [1.165, 1.54) is 0 Å². The predicted octanol–water partition coefficient (Wildman–Crippen LogP) is 3.73. The number of anilines is 2.